The van der Waals surface area contributed by atoms with Crippen molar-refractivity contribution in [3.8, 4) is 0 Å². The van der Waals surface area contributed by atoms with Crippen LogP contribution in [0.5, 0.6) is 0 Å². The highest BCUT2D eigenvalue weighted by Crippen LogP contribution is 2.28. The van der Waals surface area contributed by atoms with Crippen LogP contribution < -0.4 is 5.32 Å². The molecule has 3 rings (SSSR count). The van der Waals surface area contributed by atoms with Gasteiger partial charge in [-0.1, -0.05) is 18.6 Å². The summed E-state index contributed by atoms with van der Waals surface area (Å²) in [5, 5.41) is 13.6. The monoisotopic (exact) mass is 467 g/mol. The largest absolute Gasteiger partial charge is 0.321 e. The highest BCUT2D eigenvalue weighted by atomic mass is 32.2. The van der Waals surface area contributed by atoms with Gasteiger partial charge in [0.15, 0.2) is 9.84 Å². The maximum atomic E-state index is 13.1. The van der Waals surface area contributed by atoms with Crippen molar-refractivity contribution in [2.75, 3.05) is 24.7 Å². The Bertz CT molecular complexity index is 1230. The zero-order valence-corrected chi connectivity index (χ0v) is 18.3. The minimum Gasteiger partial charge on any atom is -0.321 e. The molecule has 1 amide bonds. The molecular formula is C19H21N3O7S2. The number of para-hydroxylation sites is 1. The van der Waals surface area contributed by atoms with E-state index in [9.17, 15) is 31.7 Å². The molecule has 31 heavy (non-hydrogen) atoms. The quantitative estimate of drug-likeness (QED) is 0.507. The van der Waals surface area contributed by atoms with Gasteiger partial charge in [0.1, 0.15) is 4.90 Å². The van der Waals surface area contributed by atoms with E-state index in [0.29, 0.717) is 13.1 Å². The zero-order valence-electron chi connectivity index (χ0n) is 16.6. The molecule has 0 bridgehead atoms. The van der Waals surface area contributed by atoms with Gasteiger partial charge in [-0.2, -0.15) is 4.31 Å². The second-order valence-electron chi connectivity index (χ2n) is 7.16. The Balaban J connectivity index is 1.98. The van der Waals surface area contributed by atoms with Crippen molar-refractivity contribution in [1.29, 1.82) is 0 Å². The lowest BCUT2D eigenvalue weighted by Gasteiger charge is -2.26. The van der Waals surface area contributed by atoms with Crippen LogP contribution in [0.15, 0.2) is 52.3 Å². The normalized spacial score (nSPS) is 15.4. The van der Waals surface area contributed by atoms with Gasteiger partial charge >= 0.3 is 0 Å². The number of nitrogens with one attached hydrogen (secondary N) is 1. The predicted octanol–water partition coefficient (Wildman–Crippen LogP) is 2.43. The Kier molecular flexibility index (Phi) is 6.43. The Morgan fingerprint density at radius 3 is 2.29 bits per heavy atom. The van der Waals surface area contributed by atoms with E-state index < -0.39 is 36.4 Å². The number of carbonyl (C=O) groups excluding carboxylic acids is 1. The number of hydrogen-bond donors (Lipinski definition) is 1. The van der Waals surface area contributed by atoms with Crippen LogP contribution in [0.25, 0.3) is 0 Å². The molecule has 0 unspecified atom stereocenters. The summed E-state index contributed by atoms with van der Waals surface area (Å²) in [7, 11) is -7.68. The summed E-state index contributed by atoms with van der Waals surface area (Å²) < 4.78 is 51.2. The first kappa shape index (κ1) is 22.8. The third-order valence-corrected chi connectivity index (χ3v) is 7.91. The number of sulfonamides is 1. The summed E-state index contributed by atoms with van der Waals surface area (Å²) in [5.74, 6) is -0.866. The number of nitrogens with zero attached hydrogens (tertiary/aromatic N) is 2. The van der Waals surface area contributed by atoms with Crippen molar-refractivity contribution in [2.45, 2.75) is 29.1 Å². The molecule has 1 heterocycles. The molecule has 0 spiro atoms. The van der Waals surface area contributed by atoms with Gasteiger partial charge in [0.05, 0.1) is 15.5 Å². The fourth-order valence-electron chi connectivity index (χ4n) is 3.27. The summed E-state index contributed by atoms with van der Waals surface area (Å²) in [6.45, 7) is 0.764. The lowest BCUT2D eigenvalue weighted by molar-refractivity contribution is -0.385. The molecule has 1 saturated heterocycles. The third kappa shape index (κ3) is 5.09. The average molecular weight is 468 g/mol. The van der Waals surface area contributed by atoms with Gasteiger partial charge in [-0.05, 0) is 31.0 Å². The maximum Gasteiger partial charge on any atom is 0.271 e. The molecule has 0 aromatic heterocycles. The number of anilines is 1. The highest BCUT2D eigenvalue weighted by Gasteiger charge is 2.29. The van der Waals surface area contributed by atoms with Crippen molar-refractivity contribution < 1.29 is 26.6 Å². The molecule has 0 saturated carbocycles. The fourth-order valence-corrected chi connectivity index (χ4v) is 5.61. The summed E-state index contributed by atoms with van der Waals surface area (Å²) in [4.78, 5) is 22.7. The van der Waals surface area contributed by atoms with Crippen LogP contribution in [-0.2, 0) is 19.9 Å². The molecule has 0 radical (unpaired) electrons. The number of amides is 1. The van der Waals surface area contributed by atoms with E-state index in [2.05, 4.69) is 5.32 Å². The molecule has 2 aromatic carbocycles. The molecule has 10 nitrogen and oxygen atoms in total. The number of non-ortho nitro benzene ring substituents is 1. The van der Waals surface area contributed by atoms with Crippen molar-refractivity contribution in [3.63, 3.8) is 0 Å². The first-order chi connectivity index (χ1) is 14.5. The number of hydrogen-bond acceptors (Lipinski definition) is 7. The van der Waals surface area contributed by atoms with E-state index in [0.717, 1.165) is 43.7 Å². The SMILES string of the molecule is CS(=O)(=O)c1cc(C(=O)Nc2ccccc2S(=O)(=O)N2CCCCC2)cc([N+](=O)[O-])c1. The molecule has 0 aliphatic carbocycles. The lowest BCUT2D eigenvalue weighted by atomic mass is 10.2. The van der Waals surface area contributed by atoms with Gasteiger partial charge in [0, 0.05) is 37.0 Å². The summed E-state index contributed by atoms with van der Waals surface area (Å²) in [6.07, 6.45) is 3.31. The van der Waals surface area contributed by atoms with Crippen LogP contribution in [0.4, 0.5) is 11.4 Å². The molecule has 1 fully saturated rings. The predicted molar refractivity (Wildman–Crippen MR) is 113 cm³/mol. The van der Waals surface area contributed by atoms with E-state index >= 15 is 0 Å². The van der Waals surface area contributed by atoms with Crippen molar-refractivity contribution >= 4 is 37.1 Å². The molecule has 12 heteroatoms. The summed E-state index contributed by atoms with van der Waals surface area (Å²) in [6, 6.07) is 8.66. The first-order valence-electron chi connectivity index (χ1n) is 9.40. The minimum atomic E-state index is -3.86. The van der Waals surface area contributed by atoms with Crippen LogP contribution in [0.1, 0.15) is 29.6 Å². The van der Waals surface area contributed by atoms with E-state index in [1.807, 2.05) is 0 Å². The molecule has 1 aliphatic heterocycles. The second kappa shape index (κ2) is 8.73. The van der Waals surface area contributed by atoms with E-state index in [-0.39, 0.29) is 21.0 Å². The highest BCUT2D eigenvalue weighted by molar-refractivity contribution is 7.90. The van der Waals surface area contributed by atoms with Crippen molar-refractivity contribution in [1.82, 2.24) is 4.31 Å². The van der Waals surface area contributed by atoms with Crippen molar-refractivity contribution in [2.24, 2.45) is 0 Å². The van der Waals surface area contributed by atoms with Crippen LogP contribution in [0.3, 0.4) is 0 Å². The molecule has 0 atom stereocenters. The van der Waals surface area contributed by atoms with Gasteiger partial charge in [0.25, 0.3) is 11.6 Å². The first-order valence-corrected chi connectivity index (χ1v) is 12.7. The van der Waals surface area contributed by atoms with Gasteiger partial charge in [0.2, 0.25) is 10.0 Å². The van der Waals surface area contributed by atoms with E-state index in [1.54, 1.807) is 6.07 Å². The Morgan fingerprint density at radius 2 is 1.68 bits per heavy atom. The topological polar surface area (TPSA) is 144 Å². The van der Waals surface area contributed by atoms with Crippen molar-refractivity contribution in [3.05, 3.63) is 58.1 Å². The van der Waals surface area contributed by atoms with Gasteiger partial charge in [-0.3, -0.25) is 14.9 Å². The zero-order chi connectivity index (χ0) is 22.8. The lowest BCUT2D eigenvalue weighted by Crippen LogP contribution is -2.36. The number of carbonyl (C=O) groups is 1. The molecule has 166 valence electrons. The van der Waals surface area contributed by atoms with E-state index in [4.69, 9.17) is 0 Å². The fraction of sp³-hybridized carbons (Fsp3) is 0.316. The summed E-state index contributed by atoms with van der Waals surface area (Å²) >= 11 is 0. The molecule has 2 aromatic rings. The molecular weight excluding hydrogens is 446 g/mol. The number of nitro groups is 1. The Labute approximate surface area is 180 Å². The third-order valence-electron chi connectivity index (χ3n) is 4.86. The smallest absolute Gasteiger partial charge is 0.271 e. The standard InChI is InChI=1S/C19H21N3O7S2/c1-30(26,27)16-12-14(11-15(13-16)22(24)25)19(23)20-17-7-3-4-8-18(17)31(28,29)21-9-5-2-6-10-21/h3-4,7-8,11-13H,2,5-6,9-10H2,1H3,(H,20,23). The maximum absolute atomic E-state index is 13.1. The number of piperidine rings is 1. The Morgan fingerprint density at radius 1 is 1.03 bits per heavy atom. The molecule has 1 N–H and O–H groups in total. The van der Waals surface area contributed by atoms with Gasteiger partial charge in [-0.15, -0.1) is 0 Å². The summed E-state index contributed by atoms with van der Waals surface area (Å²) in [5.41, 5.74) is -0.840. The minimum absolute atomic E-state index is 0.00508. The molecule has 1 aliphatic rings. The number of sulfone groups is 1. The van der Waals surface area contributed by atoms with Crippen LogP contribution in [0.2, 0.25) is 0 Å². The van der Waals surface area contributed by atoms with Crippen LogP contribution in [-0.4, -0.2) is 51.3 Å². The number of nitro benzene ring substituents is 1. The van der Waals surface area contributed by atoms with Crippen LogP contribution in [0, 0.1) is 10.1 Å². The van der Waals surface area contributed by atoms with Crippen LogP contribution >= 0.6 is 0 Å². The van der Waals surface area contributed by atoms with Gasteiger partial charge < -0.3 is 5.32 Å². The number of benzene rings is 2. The average Bonchev–Trinajstić information content (AvgIpc) is 2.73. The van der Waals surface area contributed by atoms with E-state index in [1.165, 1.54) is 22.5 Å². The van der Waals surface area contributed by atoms with Gasteiger partial charge in [-0.25, -0.2) is 16.8 Å². The Hall–Kier alpha value is -2.83. The second-order valence-corrected chi connectivity index (χ2v) is 11.1. The number of rotatable bonds is 6.